The highest BCUT2D eigenvalue weighted by atomic mass is 79.9. The van der Waals surface area contributed by atoms with Crippen molar-refractivity contribution in [1.82, 2.24) is 4.72 Å². The van der Waals surface area contributed by atoms with Crippen molar-refractivity contribution in [3.8, 4) is 0 Å². The van der Waals surface area contributed by atoms with E-state index in [-0.39, 0.29) is 9.37 Å². The molecule has 1 aromatic rings. The summed E-state index contributed by atoms with van der Waals surface area (Å²) in [6.45, 7) is 1.14. The molecule has 106 valence electrons. The number of rotatable bonds is 5. The fraction of sp³-hybridized carbons (Fsp3) is 0.300. The molecule has 2 atom stereocenters. The Balaban J connectivity index is 3.14. The number of halogens is 2. The molecule has 2 unspecified atom stereocenters. The van der Waals surface area contributed by atoms with Crippen molar-refractivity contribution in [2.45, 2.75) is 24.0 Å². The van der Waals surface area contributed by atoms with E-state index >= 15 is 0 Å². The maximum atomic E-state index is 12.9. The fourth-order valence-electron chi connectivity index (χ4n) is 1.28. The van der Waals surface area contributed by atoms with Crippen LogP contribution in [0, 0.1) is 5.82 Å². The number of sulfonamides is 1. The molecule has 0 aliphatic carbocycles. The van der Waals surface area contributed by atoms with Gasteiger partial charge in [0, 0.05) is 4.47 Å². The highest BCUT2D eigenvalue weighted by Gasteiger charge is 2.30. The minimum atomic E-state index is -4.20. The second kappa shape index (κ2) is 5.95. The number of carboxylic acid groups (broad SMARTS) is 1. The third-order valence-electron chi connectivity index (χ3n) is 2.21. The van der Waals surface area contributed by atoms with Crippen molar-refractivity contribution in [2.75, 3.05) is 0 Å². The van der Waals surface area contributed by atoms with Gasteiger partial charge in [-0.25, -0.2) is 12.8 Å². The van der Waals surface area contributed by atoms with Crippen LogP contribution in [0.5, 0.6) is 0 Å². The number of nitrogens with one attached hydrogen (secondary N) is 1. The van der Waals surface area contributed by atoms with Crippen molar-refractivity contribution in [3.05, 3.63) is 28.5 Å². The number of carbonyl (C=O) groups is 1. The van der Waals surface area contributed by atoms with E-state index in [0.29, 0.717) is 0 Å². The molecule has 0 spiro atoms. The summed E-state index contributed by atoms with van der Waals surface area (Å²) in [6, 6.07) is 1.16. The third-order valence-corrected chi connectivity index (χ3v) is 4.63. The fourth-order valence-corrected chi connectivity index (χ4v) is 3.59. The Labute approximate surface area is 117 Å². The van der Waals surface area contributed by atoms with Crippen LogP contribution >= 0.6 is 15.9 Å². The van der Waals surface area contributed by atoms with E-state index in [1.807, 2.05) is 4.72 Å². The molecule has 0 fully saturated rings. The lowest BCUT2D eigenvalue weighted by atomic mass is 10.2. The highest BCUT2D eigenvalue weighted by Crippen LogP contribution is 2.23. The monoisotopic (exact) mass is 355 g/mol. The lowest BCUT2D eigenvalue weighted by molar-refractivity contribution is -0.141. The van der Waals surface area contributed by atoms with E-state index < -0.39 is 34.0 Å². The number of aliphatic hydroxyl groups excluding tert-OH is 1. The first-order chi connectivity index (χ1) is 8.65. The van der Waals surface area contributed by atoms with Crippen LogP contribution in [0.15, 0.2) is 27.6 Å². The van der Waals surface area contributed by atoms with Gasteiger partial charge < -0.3 is 10.2 Å². The lowest BCUT2D eigenvalue weighted by Gasteiger charge is -2.17. The molecule has 0 heterocycles. The van der Waals surface area contributed by atoms with Crippen molar-refractivity contribution in [2.24, 2.45) is 0 Å². The summed E-state index contributed by atoms with van der Waals surface area (Å²) in [5.41, 5.74) is 0. The zero-order valence-electron chi connectivity index (χ0n) is 9.67. The maximum Gasteiger partial charge on any atom is 0.324 e. The molecule has 0 aliphatic rings. The third kappa shape index (κ3) is 3.96. The Morgan fingerprint density at radius 2 is 2.05 bits per heavy atom. The first kappa shape index (κ1) is 16.0. The second-order valence-electron chi connectivity index (χ2n) is 3.75. The van der Waals surface area contributed by atoms with Crippen molar-refractivity contribution in [3.63, 3.8) is 0 Å². The van der Waals surface area contributed by atoms with Gasteiger partial charge in [0.15, 0.2) is 0 Å². The summed E-state index contributed by atoms with van der Waals surface area (Å²) >= 11 is 2.88. The van der Waals surface area contributed by atoms with E-state index in [4.69, 9.17) is 5.11 Å². The van der Waals surface area contributed by atoms with Gasteiger partial charge in [-0.15, -0.1) is 0 Å². The minimum absolute atomic E-state index is 0.0465. The number of hydrogen-bond donors (Lipinski definition) is 3. The van der Waals surface area contributed by atoms with Crippen LogP contribution in [-0.2, 0) is 14.8 Å². The average molecular weight is 356 g/mol. The van der Waals surface area contributed by atoms with E-state index in [0.717, 1.165) is 25.1 Å². The molecule has 1 rings (SSSR count). The van der Waals surface area contributed by atoms with E-state index in [2.05, 4.69) is 15.9 Å². The molecular weight excluding hydrogens is 345 g/mol. The standard InChI is InChI=1S/C10H11BrFNO5S/c1-5(14)9(10(15)16)13-19(17,18)8-3-2-6(12)4-7(8)11/h2-5,9,13-14H,1H3,(H,15,16). The molecule has 0 aromatic heterocycles. The molecule has 19 heavy (non-hydrogen) atoms. The molecule has 0 bridgehead atoms. The first-order valence-electron chi connectivity index (χ1n) is 5.03. The zero-order chi connectivity index (χ0) is 14.8. The van der Waals surface area contributed by atoms with E-state index in [1.54, 1.807) is 0 Å². The van der Waals surface area contributed by atoms with Crippen LogP contribution in [0.4, 0.5) is 4.39 Å². The highest BCUT2D eigenvalue weighted by molar-refractivity contribution is 9.10. The van der Waals surface area contributed by atoms with Gasteiger partial charge in [0.2, 0.25) is 10.0 Å². The Morgan fingerprint density at radius 3 is 2.47 bits per heavy atom. The summed E-state index contributed by atoms with van der Waals surface area (Å²) in [5.74, 6) is -2.16. The predicted molar refractivity (Wildman–Crippen MR) is 67.5 cm³/mol. The molecule has 1 aromatic carbocycles. The normalized spacial score (nSPS) is 14.9. The van der Waals surface area contributed by atoms with Gasteiger partial charge in [-0.2, -0.15) is 4.72 Å². The molecular formula is C10H11BrFNO5S. The van der Waals surface area contributed by atoms with Gasteiger partial charge in [-0.1, -0.05) is 0 Å². The Bertz CT molecular complexity index is 590. The van der Waals surface area contributed by atoms with Crippen molar-refractivity contribution in [1.29, 1.82) is 0 Å². The molecule has 0 aliphatic heterocycles. The summed E-state index contributed by atoms with van der Waals surface area (Å²) < 4.78 is 38.6. The van der Waals surface area contributed by atoms with Gasteiger partial charge >= 0.3 is 5.97 Å². The van der Waals surface area contributed by atoms with Crippen LogP contribution in [0.25, 0.3) is 0 Å². The van der Waals surface area contributed by atoms with E-state index in [1.165, 1.54) is 0 Å². The van der Waals surface area contributed by atoms with Crippen LogP contribution in [0.2, 0.25) is 0 Å². The molecule has 9 heteroatoms. The predicted octanol–water partition coefficient (Wildman–Crippen LogP) is 0.700. The van der Waals surface area contributed by atoms with Crippen LogP contribution in [-0.4, -0.2) is 36.7 Å². The second-order valence-corrected chi connectivity index (χ2v) is 6.29. The zero-order valence-corrected chi connectivity index (χ0v) is 12.1. The van der Waals surface area contributed by atoms with Crippen molar-refractivity contribution < 1.29 is 27.8 Å². The Morgan fingerprint density at radius 1 is 1.47 bits per heavy atom. The first-order valence-corrected chi connectivity index (χ1v) is 7.31. The Hall–Kier alpha value is -1.03. The number of hydrogen-bond acceptors (Lipinski definition) is 4. The smallest absolute Gasteiger partial charge is 0.324 e. The minimum Gasteiger partial charge on any atom is -0.480 e. The summed E-state index contributed by atoms with van der Waals surface area (Å²) in [6.07, 6.45) is -1.42. The topological polar surface area (TPSA) is 104 Å². The summed E-state index contributed by atoms with van der Waals surface area (Å²) in [5, 5.41) is 18.0. The quantitative estimate of drug-likeness (QED) is 0.721. The van der Waals surface area contributed by atoms with Crippen molar-refractivity contribution >= 4 is 31.9 Å². The molecule has 6 nitrogen and oxygen atoms in total. The molecule has 0 saturated heterocycles. The average Bonchev–Trinajstić information content (AvgIpc) is 2.24. The number of aliphatic hydroxyl groups is 1. The molecule has 0 saturated carbocycles. The molecule has 0 amide bonds. The summed E-state index contributed by atoms with van der Waals surface area (Å²) in [4.78, 5) is 10.5. The molecule has 0 radical (unpaired) electrons. The lowest BCUT2D eigenvalue weighted by Crippen LogP contribution is -2.47. The van der Waals surface area contributed by atoms with Gasteiger partial charge in [0.25, 0.3) is 0 Å². The maximum absolute atomic E-state index is 12.9. The van der Waals surface area contributed by atoms with Gasteiger partial charge in [-0.05, 0) is 41.1 Å². The van der Waals surface area contributed by atoms with Gasteiger partial charge in [0.05, 0.1) is 11.0 Å². The van der Waals surface area contributed by atoms with E-state index in [9.17, 15) is 22.7 Å². The van der Waals surface area contributed by atoms with Gasteiger partial charge in [-0.3, -0.25) is 4.79 Å². The largest absolute Gasteiger partial charge is 0.480 e. The van der Waals surface area contributed by atoms with Crippen LogP contribution < -0.4 is 4.72 Å². The summed E-state index contributed by atoms with van der Waals surface area (Å²) in [7, 11) is -4.20. The number of benzene rings is 1. The SMILES string of the molecule is CC(O)C(NS(=O)(=O)c1ccc(F)cc1Br)C(=O)O. The molecule has 3 N–H and O–H groups in total. The number of carboxylic acids is 1. The number of aliphatic carboxylic acids is 1. The van der Waals surface area contributed by atoms with Crippen LogP contribution in [0.3, 0.4) is 0 Å². The Kier molecular flexibility index (Phi) is 5.02. The van der Waals surface area contributed by atoms with Crippen LogP contribution in [0.1, 0.15) is 6.92 Å². The van der Waals surface area contributed by atoms with Gasteiger partial charge in [0.1, 0.15) is 11.9 Å².